The van der Waals surface area contributed by atoms with Crippen LogP contribution in [-0.4, -0.2) is 23.0 Å². The lowest BCUT2D eigenvalue weighted by molar-refractivity contribution is -0.148. The smallest absolute Gasteiger partial charge is 0.307 e. The van der Waals surface area contributed by atoms with E-state index >= 15 is 0 Å². The molecule has 0 spiro atoms. The van der Waals surface area contributed by atoms with Crippen LogP contribution in [-0.2, 0) is 9.59 Å². The molecule has 136 valence electrons. The number of nitrogens with one attached hydrogen (secondary N) is 1. The standard InChI is InChI=1S/C21H29NO3/c1-11(21-8-12-4-13(9-21)6-14(5-12)10-21)22-19(23)17-15-2-3-16(7-15)18(17)20(24)25/h2-3,11-18H,4-10H2,1H3,(H,22,23)(H,24,25)/t11-,12?,13?,14?,15+,16+,17+,18+,21?/m1/s1. The lowest BCUT2D eigenvalue weighted by Gasteiger charge is -2.59. The third kappa shape index (κ3) is 2.32. The van der Waals surface area contributed by atoms with Crippen LogP contribution in [0.4, 0.5) is 0 Å². The number of carboxylic acids is 1. The van der Waals surface area contributed by atoms with Crippen molar-refractivity contribution >= 4 is 11.9 Å². The minimum absolute atomic E-state index is 0.00695. The van der Waals surface area contributed by atoms with Gasteiger partial charge in [0.25, 0.3) is 0 Å². The Hall–Kier alpha value is -1.32. The van der Waals surface area contributed by atoms with E-state index in [1.807, 2.05) is 6.08 Å². The van der Waals surface area contributed by atoms with Crippen LogP contribution in [0.1, 0.15) is 51.9 Å². The summed E-state index contributed by atoms with van der Waals surface area (Å²) in [7, 11) is 0. The van der Waals surface area contributed by atoms with Crippen LogP contribution in [0, 0.1) is 46.8 Å². The molecular formula is C21H29NO3. The van der Waals surface area contributed by atoms with Gasteiger partial charge in [-0.1, -0.05) is 12.2 Å². The van der Waals surface area contributed by atoms with Crippen molar-refractivity contribution in [2.24, 2.45) is 46.8 Å². The molecule has 5 atom stereocenters. The molecule has 25 heavy (non-hydrogen) atoms. The minimum atomic E-state index is -0.806. The van der Waals surface area contributed by atoms with Crippen molar-refractivity contribution in [2.45, 2.75) is 57.9 Å². The van der Waals surface area contributed by atoms with Gasteiger partial charge in [-0.3, -0.25) is 9.59 Å². The van der Waals surface area contributed by atoms with Gasteiger partial charge in [-0.05, 0) is 86.9 Å². The number of hydrogen-bond acceptors (Lipinski definition) is 2. The van der Waals surface area contributed by atoms with Gasteiger partial charge in [0.2, 0.25) is 5.91 Å². The fourth-order valence-corrected chi connectivity index (χ4v) is 7.69. The summed E-state index contributed by atoms with van der Waals surface area (Å²) >= 11 is 0. The molecule has 0 radical (unpaired) electrons. The van der Waals surface area contributed by atoms with Crippen LogP contribution in [0.3, 0.4) is 0 Å². The lowest BCUT2D eigenvalue weighted by Crippen LogP contribution is -2.57. The van der Waals surface area contributed by atoms with Gasteiger partial charge in [-0.15, -0.1) is 0 Å². The Balaban J connectivity index is 1.33. The minimum Gasteiger partial charge on any atom is -0.481 e. The van der Waals surface area contributed by atoms with Gasteiger partial charge in [-0.2, -0.15) is 0 Å². The summed E-state index contributed by atoms with van der Waals surface area (Å²) < 4.78 is 0. The molecule has 6 rings (SSSR count). The number of carboxylic acid groups (broad SMARTS) is 1. The number of hydrogen-bond donors (Lipinski definition) is 2. The number of amides is 1. The van der Waals surface area contributed by atoms with Crippen LogP contribution in [0.25, 0.3) is 0 Å². The Morgan fingerprint density at radius 2 is 1.48 bits per heavy atom. The molecule has 4 nitrogen and oxygen atoms in total. The van der Waals surface area contributed by atoms with Crippen molar-refractivity contribution in [1.29, 1.82) is 0 Å². The van der Waals surface area contributed by atoms with Gasteiger partial charge < -0.3 is 10.4 Å². The van der Waals surface area contributed by atoms with Crippen molar-refractivity contribution in [3.05, 3.63) is 12.2 Å². The van der Waals surface area contributed by atoms with Gasteiger partial charge in [0.15, 0.2) is 0 Å². The van der Waals surface area contributed by atoms with E-state index in [0.29, 0.717) is 0 Å². The number of rotatable bonds is 4. The Kier molecular flexibility index (Phi) is 3.40. The number of carbonyl (C=O) groups excluding carboxylic acids is 1. The predicted octanol–water partition coefficient (Wildman–Crippen LogP) is 3.23. The van der Waals surface area contributed by atoms with E-state index in [1.54, 1.807) is 0 Å². The van der Waals surface area contributed by atoms with Crippen LogP contribution in [0.2, 0.25) is 0 Å². The van der Waals surface area contributed by atoms with Crippen LogP contribution in [0.15, 0.2) is 12.2 Å². The topological polar surface area (TPSA) is 66.4 Å². The van der Waals surface area contributed by atoms with Gasteiger partial charge >= 0.3 is 5.97 Å². The zero-order valence-corrected chi connectivity index (χ0v) is 15.0. The number of fused-ring (bicyclic) bond motifs is 2. The fourth-order valence-electron chi connectivity index (χ4n) is 7.69. The Bertz CT molecular complexity index is 604. The highest BCUT2D eigenvalue weighted by Crippen LogP contribution is 2.61. The zero-order chi connectivity index (χ0) is 17.3. The molecule has 6 aliphatic rings. The molecule has 5 fully saturated rings. The van der Waals surface area contributed by atoms with E-state index < -0.39 is 11.9 Å². The van der Waals surface area contributed by atoms with Crippen LogP contribution >= 0.6 is 0 Å². The van der Waals surface area contributed by atoms with Crippen LogP contribution in [0.5, 0.6) is 0 Å². The zero-order valence-electron chi connectivity index (χ0n) is 15.0. The first-order valence-electron chi connectivity index (χ1n) is 10.2. The van der Waals surface area contributed by atoms with E-state index in [2.05, 4.69) is 18.3 Å². The maximum atomic E-state index is 13.0. The van der Waals surface area contributed by atoms with Gasteiger partial charge in [-0.25, -0.2) is 0 Å². The lowest BCUT2D eigenvalue weighted by atomic mass is 9.48. The first kappa shape index (κ1) is 15.9. The second-order valence-corrected chi connectivity index (χ2v) is 9.85. The van der Waals surface area contributed by atoms with Gasteiger partial charge in [0, 0.05) is 6.04 Å². The highest BCUT2D eigenvalue weighted by Gasteiger charge is 2.55. The van der Waals surface area contributed by atoms with E-state index in [0.717, 1.165) is 24.2 Å². The summed E-state index contributed by atoms with van der Waals surface area (Å²) in [6, 6.07) is 0.172. The van der Waals surface area contributed by atoms with Gasteiger partial charge in [0.05, 0.1) is 11.8 Å². The summed E-state index contributed by atoms with van der Waals surface area (Å²) in [6.45, 7) is 2.18. The molecule has 0 heterocycles. The summed E-state index contributed by atoms with van der Waals surface area (Å²) in [5.41, 5.74) is 0.274. The molecule has 0 aromatic heterocycles. The quantitative estimate of drug-likeness (QED) is 0.770. The summed E-state index contributed by atoms with van der Waals surface area (Å²) in [4.78, 5) is 24.7. The first-order chi connectivity index (χ1) is 11.9. The van der Waals surface area contributed by atoms with Crippen LogP contribution < -0.4 is 5.32 Å². The molecule has 0 aliphatic heterocycles. The molecule has 0 saturated heterocycles. The largest absolute Gasteiger partial charge is 0.481 e. The van der Waals surface area contributed by atoms with E-state index in [-0.39, 0.29) is 35.1 Å². The van der Waals surface area contributed by atoms with Crippen molar-refractivity contribution < 1.29 is 14.7 Å². The van der Waals surface area contributed by atoms with E-state index in [1.165, 1.54) is 38.5 Å². The Morgan fingerprint density at radius 3 is 2.00 bits per heavy atom. The Labute approximate surface area is 149 Å². The average molecular weight is 343 g/mol. The summed E-state index contributed by atoms with van der Waals surface area (Å²) in [5, 5.41) is 12.9. The molecule has 2 N–H and O–H groups in total. The highest BCUT2D eigenvalue weighted by atomic mass is 16.4. The fraction of sp³-hybridized carbons (Fsp3) is 0.810. The molecular weight excluding hydrogens is 314 g/mol. The number of carbonyl (C=O) groups is 2. The molecule has 6 aliphatic carbocycles. The molecule has 0 aromatic carbocycles. The molecule has 6 bridgehead atoms. The second kappa shape index (κ2) is 5.34. The summed E-state index contributed by atoms with van der Waals surface area (Å²) in [5.74, 6) is 1.05. The van der Waals surface area contributed by atoms with Crippen molar-refractivity contribution in [3.63, 3.8) is 0 Å². The SMILES string of the molecule is C[C@@H](NC(=O)[C@@H]1[C@@H](C(=O)O)[C@H]2C=C[C@H]1C2)C12CC3CC(CC(C3)C1)C2. The van der Waals surface area contributed by atoms with Crippen molar-refractivity contribution in [2.75, 3.05) is 0 Å². The molecule has 5 saturated carbocycles. The number of allylic oxidation sites excluding steroid dienone is 2. The first-order valence-corrected chi connectivity index (χ1v) is 10.2. The molecule has 1 amide bonds. The third-order valence-electron chi connectivity index (χ3n) is 8.41. The monoisotopic (exact) mass is 343 g/mol. The molecule has 0 unspecified atom stereocenters. The molecule has 4 heteroatoms. The van der Waals surface area contributed by atoms with Crippen molar-refractivity contribution in [1.82, 2.24) is 5.32 Å². The summed E-state index contributed by atoms with van der Waals surface area (Å²) in [6.07, 6.45) is 12.9. The Morgan fingerprint density at radius 1 is 0.960 bits per heavy atom. The van der Waals surface area contributed by atoms with Crippen molar-refractivity contribution in [3.8, 4) is 0 Å². The second-order valence-electron chi connectivity index (χ2n) is 9.85. The average Bonchev–Trinajstić information content (AvgIpc) is 3.14. The van der Waals surface area contributed by atoms with Gasteiger partial charge in [0.1, 0.15) is 0 Å². The normalized spacial score (nSPS) is 50.2. The maximum absolute atomic E-state index is 13.0. The number of aliphatic carboxylic acids is 1. The third-order valence-corrected chi connectivity index (χ3v) is 8.41. The predicted molar refractivity (Wildman–Crippen MR) is 93.6 cm³/mol. The van der Waals surface area contributed by atoms with E-state index in [9.17, 15) is 14.7 Å². The maximum Gasteiger partial charge on any atom is 0.307 e. The molecule has 0 aromatic rings. The van der Waals surface area contributed by atoms with E-state index in [4.69, 9.17) is 0 Å². The highest BCUT2D eigenvalue weighted by molar-refractivity contribution is 5.87.